The Hall–Kier alpha value is -2.97. The van der Waals surface area contributed by atoms with Crippen molar-refractivity contribution in [3.05, 3.63) is 78.2 Å². The number of rotatable bonds is 5. The highest BCUT2D eigenvalue weighted by molar-refractivity contribution is 7.89. The van der Waals surface area contributed by atoms with E-state index in [0.29, 0.717) is 24.0 Å². The average molecular weight is 481 g/mol. The molecule has 2 fully saturated rings. The summed E-state index contributed by atoms with van der Waals surface area (Å²) in [6.45, 7) is 0.550. The summed E-state index contributed by atoms with van der Waals surface area (Å²) < 4.78 is 35.4. The molecule has 34 heavy (non-hydrogen) atoms. The molecule has 1 heterocycles. The fraction of sp³-hybridized carbons (Fsp3) is 0.346. The van der Waals surface area contributed by atoms with Gasteiger partial charge in [0.1, 0.15) is 11.5 Å². The molecule has 2 unspecified atom stereocenters. The minimum atomic E-state index is -3.70. The lowest BCUT2D eigenvalue weighted by molar-refractivity contribution is -0.384. The van der Waals surface area contributed by atoms with Crippen LogP contribution in [0.1, 0.15) is 38.5 Å². The smallest absolute Gasteiger partial charge is 0.269 e. The minimum Gasteiger partial charge on any atom is -0.457 e. The molecule has 3 aromatic carbocycles. The molecular weight excluding hydrogens is 452 g/mol. The topological polar surface area (TPSA) is 89.7 Å². The van der Waals surface area contributed by atoms with Crippen molar-refractivity contribution in [2.75, 3.05) is 6.54 Å². The highest BCUT2D eigenvalue weighted by Gasteiger charge is 2.37. The van der Waals surface area contributed by atoms with Gasteiger partial charge in [-0.25, -0.2) is 8.42 Å². The van der Waals surface area contributed by atoms with Crippen LogP contribution in [0.2, 0.25) is 0 Å². The Morgan fingerprint density at radius 3 is 2.47 bits per heavy atom. The van der Waals surface area contributed by atoms with Crippen LogP contribution >= 0.6 is 0 Å². The van der Waals surface area contributed by atoms with Gasteiger partial charge in [0.05, 0.1) is 9.82 Å². The maximum atomic E-state index is 13.8. The fourth-order valence-corrected chi connectivity index (χ4v) is 6.96. The molecule has 1 aliphatic heterocycles. The van der Waals surface area contributed by atoms with E-state index in [9.17, 15) is 18.5 Å². The molecule has 2 radical (unpaired) electrons. The van der Waals surface area contributed by atoms with Crippen LogP contribution in [0.15, 0.2) is 65.6 Å². The summed E-state index contributed by atoms with van der Waals surface area (Å²) >= 11 is 0. The van der Waals surface area contributed by atoms with Crippen LogP contribution in [0.4, 0.5) is 5.69 Å². The number of hydrogen-bond acceptors (Lipinski definition) is 5. The van der Waals surface area contributed by atoms with Crippen molar-refractivity contribution >= 4 is 26.5 Å². The summed E-state index contributed by atoms with van der Waals surface area (Å²) in [6.07, 6.45) is 6.12. The highest BCUT2D eigenvalue weighted by atomic mass is 32.2. The summed E-state index contributed by atoms with van der Waals surface area (Å²) in [6, 6.07) is 16.6. The first-order valence-electron chi connectivity index (χ1n) is 11.4. The van der Waals surface area contributed by atoms with E-state index in [1.54, 1.807) is 16.4 Å². The molecule has 178 valence electrons. The molecule has 0 N–H and O–H groups in total. The third-order valence-corrected chi connectivity index (χ3v) is 8.76. The van der Waals surface area contributed by atoms with Crippen LogP contribution in [0, 0.1) is 23.5 Å². The molecule has 1 saturated heterocycles. The molecule has 2 aliphatic rings. The first-order valence-corrected chi connectivity index (χ1v) is 12.8. The molecule has 2 atom stereocenters. The zero-order chi connectivity index (χ0) is 23.0. The Morgan fingerprint density at radius 1 is 0.971 bits per heavy atom. The lowest BCUT2D eigenvalue weighted by Gasteiger charge is -2.33. The van der Waals surface area contributed by atoms with E-state index in [-0.39, 0.29) is 24.1 Å². The number of non-ortho nitro benzene ring substituents is 1. The zero-order valence-corrected chi connectivity index (χ0v) is 19.7. The van der Waals surface area contributed by atoms with E-state index < -0.39 is 14.9 Å². The lowest BCUT2D eigenvalue weighted by Crippen LogP contribution is -2.41. The van der Waals surface area contributed by atoms with Crippen LogP contribution in [0.25, 0.3) is 10.8 Å². The van der Waals surface area contributed by atoms with Gasteiger partial charge in [0, 0.05) is 36.2 Å². The molecule has 3 aromatic rings. The van der Waals surface area contributed by atoms with E-state index in [2.05, 4.69) is 0 Å². The van der Waals surface area contributed by atoms with E-state index in [1.807, 2.05) is 24.3 Å². The van der Waals surface area contributed by atoms with Crippen LogP contribution in [0.3, 0.4) is 0 Å². The highest BCUT2D eigenvalue weighted by Crippen LogP contribution is 2.39. The SMILES string of the molecule is O=[N+]([O-])c1ccc(Oc2cc(S(=O)(=O)N3CCCC4CCCC3C4)cc3ccccc23)cc1.[CH2]. The van der Waals surface area contributed by atoms with Crippen LogP contribution in [-0.2, 0) is 10.0 Å². The normalized spacial score (nSPS) is 20.8. The maximum absolute atomic E-state index is 13.8. The summed E-state index contributed by atoms with van der Waals surface area (Å²) in [7, 11) is -3.70. The Morgan fingerprint density at radius 2 is 1.71 bits per heavy atom. The Labute approximate surface area is 200 Å². The first kappa shape index (κ1) is 24.2. The van der Waals surface area contributed by atoms with Gasteiger partial charge in [0.2, 0.25) is 10.0 Å². The fourth-order valence-electron chi connectivity index (χ4n) is 5.20. The number of sulfonamides is 1. The maximum Gasteiger partial charge on any atom is 0.269 e. The summed E-state index contributed by atoms with van der Waals surface area (Å²) in [5.41, 5.74) is -0.0320. The second-order valence-corrected chi connectivity index (χ2v) is 10.8. The van der Waals surface area contributed by atoms with Crippen molar-refractivity contribution in [3.8, 4) is 11.5 Å². The van der Waals surface area contributed by atoms with Gasteiger partial charge in [-0.1, -0.05) is 44.5 Å². The largest absolute Gasteiger partial charge is 0.457 e. The Balaban J connectivity index is 0.00000274. The van der Waals surface area contributed by atoms with Gasteiger partial charge in [-0.15, -0.1) is 0 Å². The lowest BCUT2D eigenvalue weighted by atomic mass is 9.84. The van der Waals surface area contributed by atoms with E-state index in [1.165, 1.54) is 30.7 Å². The third-order valence-electron chi connectivity index (χ3n) is 6.83. The first-order chi connectivity index (χ1) is 15.9. The Bertz CT molecular complexity index is 1290. The number of ether oxygens (including phenoxy) is 1. The summed E-state index contributed by atoms with van der Waals surface area (Å²) in [5, 5.41) is 12.5. The van der Waals surface area contributed by atoms with Crippen molar-refractivity contribution in [2.24, 2.45) is 5.92 Å². The molecule has 7 nitrogen and oxygen atoms in total. The monoisotopic (exact) mass is 480 g/mol. The molecule has 0 amide bonds. The minimum absolute atomic E-state index is 0. The molecule has 5 rings (SSSR count). The van der Waals surface area contributed by atoms with Crippen molar-refractivity contribution in [2.45, 2.75) is 49.5 Å². The number of nitro groups is 1. The van der Waals surface area contributed by atoms with Crippen LogP contribution in [-0.4, -0.2) is 30.2 Å². The van der Waals surface area contributed by atoms with Gasteiger partial charge in [0.25, 0.3) is 5.69 Å². The van der Waals surface area contributed by atoms with Crippen molar-refractivity contribution in [3.63, 3.8) is 0 Å². The second kappa shape index (κ2) is 9.72. The number of nitro benzene ring substituents is 1. The summed E-state index contributed by atoms with van der Waals surface area (Å²) in [4.78, 5) is 10.7. The van der Waals surface area contributed by atoms with Gasteiger partial charge in [0.15, 0.2) is 0 Å². The van der Waals surface area contributed by atoms with Gasteiger partial charge in [-0.3, -0.25) is 10.1 Å². The standard InChI is InChI=1S/C25H26N2O5S.CH2/c28-27(29)20-10-12-22(13-11-20)32-25-17-23(16-19-7-1-2-9-24(19)25)33(30,31)26-14-4-6-18-5-3-8-21(26)15-18;/h1-2,7,9-13,16-18,21H,3-6,8,14-15H2;1H2. The zero-order valence-electron chi connectivity index (χ0n) is 18.9. The van der Waals surface area contributed by atoms with Gasteiger partial charge >= 0.3 is 0 Å². The molecule has 0 aromatic heterocycles. The van der Waals surface area contributed by atoms with Crippen molar-refractivity contribution in [1.29, 1.82) is 0 Å². The molecule has 2 bridgehead atoms. The van der Waals surface area contributed by atoms with Crippen molar-refractivity contribution in [1.82, 2.24) is 4.31 Å². The van der Waals surface area contributed by atoms with Gasteiger partial charge < -0.3 is 4.74 Å². The third kappa shape index (κ3) is 4.65. The van der Waals surface area contributed by atoms with Gasteiger partial charge in [-0.2, -0.15) is 4.31 Å². The van der Waals surface area contributed by atoms with Gasteiger partial charge in [-0.05, 0) is 55.2 Å². The molecule has 0 spiro atoms. The number of fused-ring (bicyclic) bond motifs is 3. The number of hydrogen-bond donors (Lipinski definition) is 0. The predicted octanol–water partition coefficient (Wildman–Crippen LogP) is 6.21. The molecule has 1 saturated carbocycles. The predicted molar refractivity (Wildman–Crippen MR) is 131 cm³/mol. The molecular formula is C26H28N2O5S. The molecule has 1 aliphatic carbocycles. The second-order valence-electron chi connectivity index (χ2n) is 8.94. The van der Waals surface area contributed by atoms with Crippen molar-refractivity contribution < 1.29 is 18.1 Å². The summed E-state index contributed by atoms with van der Waals surface area (Å²) in [5.74, 6) is 1.45. The van der Waals surface area contributed by atoms with Crippen LogP contribution in [0.5, 0.6) is 11.5 Å². The van der Waals surface area contributed by atoms with Crippen LogP contribution < -0.4 is 4.74 Å². The average Bonchev–Trinajstić information content (AvgIpc) is 2.96. The van der Waals surface area contributed by atoms with E-state index >= 15 is 0 Å². The number of nitrogens with zero attached hydrogens (tertiary/aromatic N) is 2. The quantitative estimate of drug-likeness (QED) is 0.320. The molecule has 8 heteroatoms. The Kier molecular flexibility index (Phi) is 6.91. The van der Waals surface area contributed by atoms with E-state index in [4.69, 9.17) is 4.74 Å². The van der Waals surface area contributed by atoms with E-state index in [0.717, 1.165) is 42.9 Å². The number of benzene rings is 3.